The van der Waals surface area contributed by atoms with Crippen LogP contribution in [-0.2, 0) is 17.8 Å². The van der Waals surface area contributed by atoms with E-state index >= 15 is 0 Å². The number of fused-ring (bicyclic) bond motifs is 2. The van der Waals surface area contributed by atoms with Crippen molar-refractivity contribution in [1.82, 2.24) is 10.3 Å². The number of carboxylic acid groups (broad SMARTS) is 1. The molecule has 1 amide bonds. The summed E-state index contributed by atoms with van der Waals surface area (Å²) in [4.78, 5) is 28.4. The van der Waals surface area contributed by atoms with Crippen molar-refractivity contribution < 1.29 is 24.2 Å². The zero-order valence-corrected chi connectivity index (χ0v) is 16.3. The van der Waals surface area contributed by atoms with Crippen molar-refractivity contribution in [1.29, 1.82) is 0 Å². The second-order valence-electron chi connectivity index (χ2n) is 6.74. The van der Waals surface area contributed by atoms with E-state index in [4.69, 9.17) is 9.47 Å². The van der Waals surface area contributed by atoms with Crippen LogP contribution in [0.5, 0.6) is 5.75 Å². The number of H-pyrrole nitrogens is 1. The van der Waals surface area contributed by atoms with Gasteiger partial charge in [-0.25, -0.2) is 4.79 Å². The van der Waals surface area contributed by atoms with E-state index in [1.165, 1.54) is 11.3 Å². The minimum atomic E-state index is -0.925. The Balaban J connectivity index is 1.49. The third-order valence-corrected chi connectivity index (χ3v) is 6.01. The average Bonchev–Trinajstić information content (AvgIpc) is 3.25. The molecule has 0 saturated carbocycles. The topological polar surface area (TPSA) is 101 Å². The van der Waals surface area contributed by atoms with Crippen LogP contribution in [0.15, 0.2) is 23.6 Å². The van der Waals surface area contributed by atoms with Crippen molar-refractivity contribution >= 4 is 34.1 Å². The number of aromatic nitrogens is 1. The molecule has 0 bridgehead atoms. The van der Waals surface area contributed by atoms with E-state index in [1.807, 2.05) is 25.1 Å². The fourth-order valence-electron chi connectivity index (χ4n) is 3.58. The summed E-state index contributed by atoms with van der Waals surface area (Å²) in [5.41, 5.74) is 3.37. The zero-order valence-electron chi connectivity index (χ0n) is 15.5. The molecule has 0 fully saturated rings. The lowest BCUT2D eigenvalue weighted by molar-refractivity contribution is 0.0300. The summed E-state index contributed by atoms with van der Waals surface area (Å²) in [5.74, 6) is -0.442. The number of rotatable bonds is 5. The van der Waals surface area contributed by atoms with E-state index in [0.29, 0.717) is 36.4 Å². The maximum Gasteiger partial charge on any atom is 0.336 e. The maximum atomic E-state index is 12.8. The van der Waals surface area contributed by atoms with Crippen molar-refractivity contribution in [3.63, 3.8) is 0 Å². The van der Waals surface area contributed by atoms with Gasteiger partial charge in [-0.1, -0.05) is 0 Å². The van der Waals surface area contributed by atoms with Crippen LogP contribution in [0, 0.1) is 6.92 Å². The molecule has 1 aliphatic heterocycles. The molecule has 28 heavy (non-hydrogen) atoms. The highest BCUT2D eigenvalue weighted by Crippen LogP contribution is 2.30. The van der Waals surface area contributed by atoms with Crippen molar-refractivity contribution in [2.45, 2.75) is 26.1 Å². The van der Waals surface area contributed by atoms with Gasteiger partial charge in [0, 0.05) is 39.8 Å². The molecule has 4 rings (SSSR count). The molecule has 0 aliphatic carbocycles. The Hall–Kier alpha value is -2.84. The van der Waals surface area contributed by atoms with Crippen LogP contribution in [0.1, 0.15) is 36.9 Å². The van der Waals surface area contributed by atoms with Crippen LogP contribution in [0.3, 0.4) is 0 Å². The Kier molecular flexibility index (Phi) is 4.82. The van der Waals surface area contributed by atoms with E-state index in [2.05, 4.69) is 10.3 Å². The average molecular weight is 400 g/mol. The molecule has 1 unspecified atom stereocenters. The normalized spacial score (nSPS) is 16.0. The molecular weight excluding hydrogens is 380 g/mol. The summed E-state index contributed by atoms with van der Waals surface area (Å²) < 4.78 is 11.1. The van der Waals surface area contributed by atoms with Gasteiger partial charge in [-0.15, -0.1) is 11.3 Å². The number of methoxy groups -OCH3 is 1. The summed E-state index contributed by atoms with van der Waals surface area (Å²) in [5, 5.41) is 14.7. The summed E-state index contributed by atoms with van der Waals surface area (Å²) in [6.07, 6.45) is 0.214. The van der Waals surface area contributed by atoms with Crippen LogP contribution in [0.2, 0.25) is 0 Å². The van der Waals surface area contributed by atoms with Gasteiger partial charge in [-0.2, -0.15) is 0 Å². The number of benzene rings is 1. The minimum Gasteiger partial charge on any atom is -0.497 e. The summed E-state index contributed by atoms with van der Waals surface area (Å²) in [6.45, 7) is 2.54. The molecule has 1 atom stereocenters. The molecule has 3 N–H and O–H groups in total. The molecule has 2 aromatic heterocycles. The highest BCUT2D eigenvalue weighted by Gasteiger charge is 2.26. The lowest BCUT2D eigenvalue weighted by Crippen LogP contribution is -2.37. The second-order valence-corrected chi connectivity index (χ2v) is 7.70. The first kappa shape index (κ1) is 18.5. The Labute approximate surface area is 165 Å². The number of ether oxygens (including phenoxy) is 2. The lowest BCUT2D eigenvalue weighted by Gasteiger charge is -2.23. The van der Waals surface area contributed by atoms with Crippen LogP contribution in [0.4, 0.5) is 0 Å². The Morgan fingerprint density at radius 3 is 3.00 bits per heavy atom. The summed E-state index contributed by atoms with van der Waals surface area (Å²) in [6, 6.07) is 5.56. The molecule has 1 aliphatic rings. The summed E-state index contributed by atoms with van der Waals surface area (Å²) in [7, 11) is 1.59. The molecule has 7 nitrogen and oxygen atoms in total. The number of hydrogen-bond donors (Lipinski definition) is 3. The third-order valence-electron chi connectivity index (χ3n) is 5.00. The van der Waals surface area contributed by atoms with Gasteiger partial charge in [0.15, 0.2) is 0 Å². The number of carbonyl (C=O) groups excluding carboxylic acids is 1. The monoisotopic (exact) mass is 400 g/mol. The molecule has 146 valence electrons. The fraction of sp³-hybridized carbons (Fsp3) is 0.300. The predicted octanol–water partition coefficient (Wildman–Crippen LogP) is 3.12. The largest absolute Gasteiger partial charge is 0.497 e. The number of aromatic carboxylic acids is 1. The zero-order chi connectivity index (χ0) is 19.8. The van der Waals surface area contributed by atoms with Crippen molar-refractivity contribution in [3.8, 4) is 5.75 Å². The Morgan fingerprint density at radius 2 is 2.25 bits per heavy atom. The first-order valence-corrected chi connectivity index (χ1v) is 9.74. The molecule has 0 saturated heterocycles. The van der Waals surface area contributed by atoms with Crippen LogP contribution in [0.25, 0.3) is 10.9 Å². The first-order chi connectivity index (χ1) is 13.5. The lowest BCUT2D eigenvalue weighted by atomic mass is 10.0. The molecule has 8 heteroatoms. The summed E-state index contributed by atoms with van der Waals surface area (Å²) >= 11 is 1.40. The number of amides is 1. The van der Waals surface area contributed by atoms with Gasteiger partial charge in [-0.3, -0.25) is 4.79 Å². The van der Waals surface area contributed by atoms with Gasteiger partial charge in [0.1, 0.15) is 5.75 Å². The quantitative estimate of drug-likeness (QED) is 0.611. The smallest absolute Gasteiger partial charge is 0.336 e. The standard InChI is InChI=1S/C20H20N2O5S/c1-10-18(14-5-11(26-2)3-4-16(14)22-10)19(23)21-7-12-6-13-15(20(24)25)9-28-17(13)8-27-12/h3-5,9,12,22H,6-8H2,1-2H3,(H,21,23)(H,24,25). The van der Waals surface area contributed by atoms with E-state index in [1.54, 1.807) is 12.5 Å². The van der Waals surface area contributed by atoms with Crippen LogP contribution >= 0.6 is 11.3 Å². The second kappa shape index (κ2) is 7.29. The highest BCUT2D eigenvalue weighted by atomic mass is 32.1. The predicted molar refractivity (Wildman–Crippen MR) is 105 cm³/mol. The molecule has 0 radical (unpaired) electrons. The Morgan fingerprint density at radius 1 is 1.43 bits per heavy atom. The highest BCUT2D eigenvalue weighted by molar-refractivity contribution is 7.10. The fourth-order valence-corrected chi connectivity index (χ4v) is 4.55. The van der Waals surface area contributed by atoms with Crippen LogP contribution < -0.4 is 10.1 Å². The van der Waals surface area contributed by atoms with E-state index in [9.17, 15) is 14.7 Å². The number of aryl methyl sites for hydroxylation is 1. The first-order valence-electron chi connectivity index (χ1n) is 8.86. The van der Waals surface area contributed by atoms with Crippen molar-refractivity contribution in [2.75, 3.05) is 13.7 Å². The Bertz CT molecular complexity index is 1070. The van der Waals surface area contributed by atoms with Gasteiger partial charge >= 0.3 is 5.97 Å². The number of thiophene rings is 1. The van der Waals surface area contributed by atoms with Crippen molar-refractivity contribution in [3.05, 3.63) is 50.8 Å². The van der Waals surface area contributed by atoms with Gasteiger partial charge in [-0.05, 0) is 30.7 Å². The number of carbonyl (C=O) groups is 2. The van der Waals surface area contributed by atoms with Gasteiger partial charge in [0.2, 0.25) is 0 Å². The van der Waals surface area contributed by atoms with E-state index < -0.39 is 5.97 Å². The number of hydrogen-bond acceptors (Lipinski definition) is 5. The minimum absolute atomic E-state index is 0.199. The van der Waals surface area contributed by atoms with E-state index in [0.717, 1.165) is 27.0 Å². The molecule has 1 aromatic carbocycles. The van der Waals surface area contributed by atoms with Crippen molar-refractivity contribution in [2.24, 2.45) is 0 Å². The SMILES string of the molecule is COc1ccc2[nH]c(C)c(C(=O)NCC3Cc4c(C(=O)O)csc4CO3)c2c1. The van der Waals surface area contributed by atoms with E-state index in [-0.39, 0.29) is 12.0 Å². The number of carboxylic acids is 1. The molecule has 3 aromatic rings. The molecule has 3 heterocycles. The molecular formula is C20H20N2O5S. The van der Waals surface area contributed by atoms with Gasteiger partial charge < -0.3 is 24.9 Å². The van der Waals surface area contributed by atoms with Gasteiger partial charge in [0.25, 0.3) is 5.91 Å². The van der Waals surface area contributed by atoms with Crippen LogP contribution in [-0.4, -0.2) is 41.7 Å². The van der Waals surface area contributed by atoms with Gasteiger partial charge in [0.05, 0.1) is 30.9 Å². The third kappa shape index (κ3) is 3.25. The number of aromatic amines is 1. The molecule has 0 spiro atoms. The number of nitrogens with one attached hydrogen (secondary N) is 2. The maximum absolute atomic E-state index is 12.8.